The van der Waals surface area contributed by atoms with E-state index in [0.717, 1.165) is 5.70 Å². The number of benzene rings is 1. The van der Waals surface area contributed by atoms with Gasteiger partial charge >= 0.3 is 0 Å². The molecular weight excluding hydrogens is 229 g/mol. The molecule has 0 saturated carbocycles. The van der Waals surface area contributed by atoms with Crippen LogP contribution in [0, 0.1) is 5.82 Å². The highest BCUT2D eigenvalue weighted by atomic mass is 19.1. The highest BCUT2D eigenvalue weighted by Crippen LogP contribution is 2.27. The third kappa shape index (κ3) is 3.74. The molecule has 0 aromatic heterocycles. The molecule has 0 amide bonds. The van der Waals surface area contributed by atoms with Crippen molar-refractivity contribution in [2.75, 3.05) is 14.1 Å². The highest BCUT2D eigenvalue weighted by molar-refractivity contribution is 5.33. The van der Waals surface area contributed by atoms with Gasteiger partial charge in [0.1, 0.15) is 5.82 Å². The van der Waals surface area contributed by atoms with E-state index in [2.05, 4.69) is 0 Å². The summed E-state index contributed by atoms with van der Waals surface area (Å²) in [7, 11) is 3.70. The molecule has 102 valence electrons. The summed E-state index contributed by atoms with van der Waals surface area (Å²) in [6, 6.07) is 6.24. The van der Waals surface area contributed by atoms with Gasteiger partial charge in [0.05, 0.1) is 11.2 Å². The van der Waals surface area contributed by atoms with Gasteiger partial charge < -0.3 is 16.4 Å². The maximum atomic E-state index is 13.1. The Morgan fingerprint density at radius 3 is 2.28 bits per heavy atom. The lowest BCUT2D eigenvalue weighted by Crippen LogP contribution is -2.41. The lowest BCUT2D eigenvalue weighted by Gasteiger charge is -2.32. The summed E-state index contributed by atoms with van der Waals surface area (Å²) in [6.45, 7) is 5.81. The van der Waals surface area contributed by atoms with E-state index >= 15 is 0 Å². The fraction of sp³-hybridized carbons (Fsp3) is 0.429. The topological polar surface area (TPSA) is 55.3 Å². The van der Waals surface area contributed by atoms with Crippen molar-refractivity contribution in [2.24, 2.45) is 11.5 Å². The van der Waals surface area contributed by atoms with Gasteiger partial charge in [-0.3, -0.25) is 0 Å². The van der Waals surface area contributed by atoms with E-state index in [4.69, 9.17) is 11.5 Å². The van der Waals surface area contributed by atoms with Gasteiger partial charge in [0.15, 0.2) is 0 Å². The number of hydrogen-bond donors (Lipinski definition) is 2. The van der Waals surface area contributed by atoms with Gasteiger partial charge in [-0.05, 0) is 24.6 Å². The van der Waals surface area contributed by atoms with Crippen LogP contribution in [0.1, 0.15) is 26.3 Å². The first-order valence-electron chi connectivity index (χ1n) is 6.04. The standard InChI is InChI=1S/C12H18FN3.C2H6/c1-12(15,11(8-14)16(2)3)9-5-4-6-10(13)7-9;1-2/h4-8H,14-15H2,1-3H3;1-2H3/b11-8-;. The van der Waals surface area contributed by atoms with Crippen molar-refractivity contribution < 1.29 is 4.39 Å². The van der Waals surface area contributed by atoms with Crippen LogP contribution in [0.4, 0.5) is 4.39 Å². The summed E-state index contributed by atoms with van der Waals surface area (Å²) in [5, 5.41) is 0. The third-order valence-electron chi connectivity index (χ3n) is 2.60. The fourth-order valence-corrected chi connectivity index (χ4v) is 1.75. The van der Waals surface area contributed by atoms with Crippen LogP contribution < -0.4 is 11.5 Å². The molecule has 0 radical (unpaired) electrons. The average molecular weight is 253 g/mol. The van der Waals surface area contributed by atoms with Gasteiger partial charge in [0, 0.05) is 20.3 Å². The van der Waals surface area contributed by atoms with Crippen LogP contribution in [-0.4, -0.2) is 19.0 Å². The summed E-state index contributed by atoms with van der Waals surface area (Å²) in [4.78, 5) is 1.82. The Kier molecular flexibility index (Phi) is 6.41. The Bertz CT molecular complexity index is 398. The monoisotopic (exact) mass is 253 g/mol. The van der Waals surface area contributed by atoms with Gasteiger partial charge in [0.25, 0.3) is 0 Å². The van der Waals surface area contributed by atoms with E-state index in [0.29, 0.717) is 5.56 Å². The van der Waals surface area contributed by atoms with E-state index < -0.39 is 5.54 Å². The number of halogens is 1. The fourth-order valence-electron chi connectivity index (χ4n) is 1.75. The summed E-state index contributed by atoms with van der Waals surface area (Å²) < 4.78 is 13.1. The van der Waals surface area contributed by atoms with Crippen LogP contribution in [0.3, 0.4) is 0 Å². The minimum Gasteiger partial charge on any atom is -0.403 e. The first-order chi connectivity index (χ1) is 8.39. The van der Waals surface area contributed by atoms with Gasteiger partial charge in [-0.2, -0.15) is 0 Å². The molecule has 1 aromatic rings. The largest absolute Gasteiger partial charge is 0.403 e. The maximum absolute atomic E-state index is 13.1. The average Bonchev–Trinajstić information content (AvgIpc) is 2.31. The van der Waals surface area contributed by atoms with E-state index in [-0.39, 0.29) is 5.82 Å². The van der Waals surface area contributed by atoms with Crippen LogP contribution in [0.15, 0.2) is 36.2 Å². The first-order valence-corrected chi connectivity index (χ1v) is 6.04. The zero-order valence-electron chi connectivity index (χ0n) is 11.9. The Morgan fingerprint density at radius 2 is 1.89 bits per heavy atom. The van der Waals surface area contributed by atoms with Crippen molar-refractivity contribution in [2.45, 2.75) is 26.3 Å². The Labute approximate surface area is 109 Å². The van der Waals surface area contributed by atoms with E-state index in [1.54, 1.807) is 19.1 Å². The molecule has 0 fully saturated rings. The number of likely N-dealkylation sites (N-methyl/N-ethyl adjacent to an activating group) is 1. The molecule has 0 bridgehead atoms. The second kappa shape index (κ2) is 7.01. The molecule has 4 N–H and O–H groups in total. The molecule has 0 spiro atoms. The second-order valence-electron chi connectivity index (χ2n) is 4.16. The van der Waals surface area contributed by atoms with Crippen molar-refractivity contribution in [1.29, 1.82) is 0 Å². The lowest BCUT2D eigenvalue weighted by atomic mass is 9.89. The second-order valence-corrected chi connectivity index (χ2v) is 4.16. The molecular formula is C14H24FN3. The molecule has 18 heavy (non-hydrogen) atoms. The zero-order valence-corrected chi connectivity index (χ0v) is 11.9. The Hall–Kier alpha value is -1.55. The smallest absolute Gasteiger partial charge is 0.123 e. The zero-order chi connectivity index (χ0) is 14.3. The lowest BCUT2D eigenvalue weighted by molar-refractivity contribution is 0.392. The maximum Gasteiger partial charge on any atom is 0.123 e. The van der Waals surface area contributed by atoms with E-state index in [1.165, 1.54) is 18.3 Å². The van der Waals surface area contributed by atoms with Crippen molar-refractivity contribution in [1.82, 2.24) is 4.90 Å². The predicted molar refractivity (Wildman–Crippen MR) is 75.2 cm³/mol. The van der Waals surface area contributed by atoms with Crippen molar-refractivity contribution >= 4 is 0 Å². The van der Waals surface area contributed by atoms with Crippen molar-refractivity contribution in [3.63, 3.8) is 0 Å². The van der Waals surface area contributed by atoms with Gasteiger partial charge in [0.2, 0.25) is 0 Å². The van der Waals surface area contributed by atoms with Gasteiger partial charge in [-0.15, -0.1) is 0 Å². The van der Waals surface area contributed by atoms with Crippen molar-refractivity contribution in [3.05, 3.63) is 47.5 Å². The van der Waals surface area contributed by atoms with Gasteiger partial charge in [-0.1, -0.05) is 26.0 Å². The number of nitrogens with two attached hydrogens (primary N) is 2. The van der Waals surface area contributed by atoms with Crippen LogP contribution in [0.2, 0.25) is 0 Å². The summed E-state index contributed by atoms with van der Waals surface area (Å²) in [6.07, 6.45) is 1.45. The SMILES string of the molecule is CC.CN(C)/C(=C\N)C(C)(N)c1cccc(F)c1. The molecule has 1 unspecified atom stereocenters. The quantitative estimate of drug-likeness (QED) is 0.869. The van der Waals surface area contributed by atoms with E-state index in [9.17, 15) is 4.39 Å². The molecule has 3 nitrogen and oxygen atoms in total. The van der Waals surface area contributed by atoms with E-state index in [1.807, 2.05) is 32.8 Å². The predicted octanol–water partition coefficient (Wildman–Crippen LogP) is 2.39. The molecule has 0 saturated heterocycles. The van der Waals surface area contributed by atoms with Crippen LogP contribution >= 0.6 is 0 Å². The van der Waals surface area contributed by atoms with Crippen LogP contribution in [0.25, 0.3) is 0 Å². The molecule has 0 heterocycles. The summed E-state index contributed by atoms with van der Waals surface area (Å²) in [5.41, 5.74) is 12.4. The van der Waals surface area contributed by atoms with Crippen molar-refractivity contribution in [3.8, 4) is 0 Å². The summed E-state index contributed by atoms with van der Waals surface area (Å²) in [5.74, 6) is -0.302. The molecule has 1 aromatic carbocycles. The minimum atomic E-state index is -0.805. The first kappa shape index (κ1) is 16.4. The Balaban J connectivity index is 0.00000137. The third-order valence-corrected chi connectivity index (χ3v) is 2.60. The number of hydrogen-bond acceptors (Lipinski definition) is 3. The van der Waals surface area contributed by atoms with Crippen LogP contribution in [-0.2, 0) is 5.54 Å². The highest BCUT2D eigenvalue weighted by Gasteiger charge is 2.27. The molecule has 4 heteroatoms. The summed E-state index contributed by atoms with van der Waals surface area (Å²) >= 11 is 0. The van der Waals surface area contributed by atoms with Crippen LogP contribution in [0.5, 0.6) is 0 Å². The molecule has 1 rings (SSSR count). The number of rotatable bonds is 3. The molecule has 0 aliphatic heterocycles. The normalized spacial score (nSPS) is 14.3. The van der Waals surface area contributed by atoms with Gasteiger partial charge in [-0.25, -0.2) is 4.39 Å². The Morgan fingerprint density at radius 1 is 1.33 bits per heavy atom. The molecule has 0 aliphatic rings. The molecule has 0 aliphatic carbocycles. The number of nitrogens with zero attached hydrogens (tertiary/aromatic N) is 1. The minimum absolute atomic E-state index is 0.302. The molecule has 1 atom stereocenters.